The van der Waals surface area contributed by atoms with Crippen molar-refractivity contribution in [3.63, 3.8) is 0 Å². The average molecular weight is 469 g/mol. The predicted molar refractivity (Wildman–Crippen MR) is 96.7 cm³/mol. The first kappa shape index (κ1) is 21.1. The molecule has 0 N–H and O–H groups in total. The summed E-state index contributed by atoms with van der Waals surface area (Å²) in [5.41, 5.74) is 0. The number of halogens is 1. The van der Waals surface area contributed by atoms with Gasteiger partial charge in [-0.15, -0.1) is 0 Å². The molecule has 0 bridgehead atoms. The van der Waals surface area contributed by atoms with Gasteiger partial charge in [0.15, 0.2) is 0 Å². The molecule has 0 spiro atoms. The standard InChI is InChI=1S/C19H36NO2S.HI/c1-20(2,3)14-18-15-23(21)19(22-18,16-10-6-4-7-11-16)17-12-8-5-9-13-17;/h16-18H,4-15H2,1-3H3;1H/q+1;/p-1/t18-,23+;/m1./s1. The van der Waals surface area contributed by atoms with Crippen molar-refractivity contribution < 1.29 is 37.4 Å². The largest absolute Gasteiger partial charge is 1.00 e. The van der Waals surface area contributed by atoms with Crippen molar-refractivity contribution in [1.82, 2.24) is 0 Å². The van der Waals surface area contributed by atoms with E-state index in [2.05, 4.69) is 21.1 Å². The molecule has 2 atom stereocenters. The van der Waals surface area contributed by atoms with Crippen LogP contribution in [0.15, 0.2) is 0 Å². The summed E-state index contributed by atoms with van der Waals surface area (Å²) in [6, 6.07) is 0. The van der Waals surface area contributed by atoms with Crippen LogP contribution in [-0.4, -0.2) is 53.2 Å². The second kappa shape index (κ2) is 8.66. The van der Waals surface area contributed by atoms with Crippen LogP contribution in [0.5, 0.6) is 0 Å². The summed E-state index contributed by atoms with van der Waals surface area (Å²) < 4.78 is 21.1. The molecule has 3 rings (SSSR count). The van der Waals surface area contributed by atoms with E-state index >= 15 is 0 Å². The maximum Gasteiger partial charge on any atom is 0.149 e. The highest BCUT2D eigenvalue weighted by atomic mass is 127. The highest BCUT2D eigenvalue weighted by molar-refractivity contribution is 7.86. The molecule has 24 heavy (non-hydrogen) atoms. The quantitative estimate of drug-likeness (QED) is 0.448. The minimum atomic E-state index is -0.811. The van der Waals surface area contributed by atoms with E-state index in [4.69, 9.17) is 4.74 Å². The summed E-state index contributed by atoms with van der Waals surface area (Å²) in [7, 11) is 5.84. The Hall–Kier alpha value is 0.800. The first-order valence-electron chi connectivity index (χ1n) is 9.78. The molecule has 2 saturated carbocycles. The van der Waals surface area contributed by atoms with Gasteiger partial charge in [0.1, 0.15) is 17.6 Å². The zero-order valence-electron chi connectivity index (χ0n) is 15.8. The highest BCUT2D eigenvalue weighted by Crippen LogP contribution is 2.50. The Morgan fingerprint density at radius 3 is 1.79 bits per heavy atom. The maximum absolute atomic E-state index is 13.4. The second-order valence-electron chi connectivity index (χ2n) is 9.12. The summed E-state index contributed by atoms with van der Waals surface area (Å²) in [5.74, 6) is 1.85. The van der Waals surface area contributed by atoms with Crippen LogP contribution < -0.4 is 24.0 Å². The van der Waals surface area contributed by atoms with Crippen molar-refractivity contribution >= 4 is 10.8 Å². The van der Waals surface area contributed by atoms with Gasteiger partial charge in [0.25, 0.3) is 0 Å². The molecule has 3 nitrogen and oxygen atoms in total. The molecule has 0 aromatic rings. The molecule has 0 aromatic carbocycles. The van der Waals surface area contributed by atoms with E-state index in [1.165, 1.54) is 64.2 Å². The minimum Gasteiger partial charge on any atom is -1.00 e. The van der Waals surface area contributed by atoms with Crippen LogP contribution in [-0.2, 0) is 15.5 Å². The molecule has 1 heterocycles. The number of ether oxygens (including phenoxy) is 1. The average Bonchev–Trinajstić information content (AvgIpc) is 2.84. The molecular formula is C19H36INO2S. The Balaban J connectivity index is 0.00000208. The van der Waals surface area contributed by atoms with Gasteiger partial charge >= 0.3 is 0 Å². The molecule has 0 unspecified atom stereocenters. The SMILES string of the molecule is C[N+](C)(C)C[C@@H]1C[S@](=O)C(C2CCCCC2)(C2CCCCC2)O1.[I-]. The summed E-state index contributed by atoms with van der Waals surface area (Å²) in [5, 5.41) is 0. The second-order valence-corrected chi connectivity index (χ2v) is 10.8. The third kappa shape index (κ3) is 4.55. The van der Waals surface area contributed by atoms with Crippen molar-refractivity contribution in [3.8, 4) is 0 Å². The lowest BCUT2D eigenvalue weighted by Gasteiger charge is -2.45. The van der Waals surface area contributed by atoms with Gasteiger partial charge in [0, 0.05) is 11.8 Å². The van der Waals surface area contributed by atoms with E-state index in [0.717, 1.165) is 16.8 Å². The lowest BCUT2D eigenvalue weighted by molar-refractivity contribution is -0.873. The number of likely N-dealkylation sites (N-methyl/N-ethyl adjacent to an activating group) is 1. The fourth-order valence-electron chi connectivity index (χ4n) is 5.26. The van der Waals surface area contributed by atoms with Gasteiger partial charge in [-0.2, -0.15) is 0 Å². The van der Waals surface area contributed by atoms with Crippen LogP contribution in [0.2, 0.25) is 0 Å². The molecule has 3 aliphatic rings. The molecule has 2 aliphatic carbocycles. The van der Waals surface area contributed by atoms with Crippen molar-refractivity contribution in [2.24, 2.45) is 11.8 Å². The Kier molecular flexibility index (Phi) is 7.61. The van der Waals surface area contributed by atoms with Crippen LogP contribution in [0, 0.1) is 11.8 Å². The Bertz CT molecular complexity index is 408. The first-order valence-corrected chi connectivity index (χ1v) is 11.1. The molecule has 0 radical (unpaired) electrons. The maximum atomic E-state index is 13.4. The molecule has 1 aliphatic heterocycles. The molecule has 5 heteroatoms. The van der Waals surface area contributed by atoms with E-state index in [0.29, 0.717) is 11.8 Å². The van der Waals surface area contributed by atoms with Gasteiger partial charge in [-0.3, -0.25) is 4.21 Å². The van der Waals surface area contributed by atoms with E-state index in [1.54, 1.807) is 0 Å². The van der Waals surface area contributed by atoms with Crippen molar-refractivity contribution in [1.29, 1.82) is 0 Å². The van der Waals surface area contributed by atoms with Crippen molar-refractivity contribution in [2.75, 3.05) is 33.4 Å². The normalized spacial score (nSPS) is 32.5. The molecule has 3 fully saturated rings. The Morgan fingerprint density at radius 1 is 0.917 bits per heavy atom. The lowest BCUT2D eigenvalue weighted by Crippen LogP contribution is -3.00. The lowest BCUT2D eigenvalue weighted by atomic mass is 9.74. The van der Waals surface area contributed by atoms with Crippen LogP contribution in [0.4, 0.5) is 0 Å². The van der Waals surface area contributed by atoms with Crippen LogP contribution in [0.1, 0.15) is 64.2 Å². The Labute approximate surface area is 168 Å². The van der Waals surface area contributed by atoms with Crippen LogP contribution >= 0.6 is 0 Å². The molecule has 0 aromatic heterocycles. The summed E-state index contributed by atoms with van der Waals surface area (Å²) >= 11 is 0. The first-order chi connectivity index (χ1) is 10.9. The topological polar surface area (TPSA) is 26.3 Å². The number of hydrogen-bond donors (Lipinski definition) is 0. The van der Waals surface area contributed by atoms with E-state index in [-0.39, 0.29) is 35.0 Å². The fraction of sp³-hybridized carbons (Fsp3) is 1.00. The molecule has 142 valence electrons. The van der Waals surface area contributed by atoms with E-state index in [1.807, 2.05) is 0 Å². The van der Waals surface area contributed by atoms with Crippen molar-refractivity contribution in [3.05, 3.63) is 0 Å². The molecular weight excluding hydrogens is 433 g/mol. The van der Waals surface area contributed by atoms with Gasteiger partial charge in [-0.25, -0.2) is 0 Å². The summed E-state index contributed by atoms with van der Waals surface area (Å²) in [6.45, 7) is 0.979. The number of hydrogen-bond acceptors (Lipinski definition) is 2. The van der Waals surface area contributed by atoms with Crippen LogP contribution in [0.25, 0.3) is 0 Å². The fourth-order valence-corrected chi connectivity index (χ4v) is 7.49. The zero-order chi connectivity index (χ0) is 16.5. The van der Waals surface area contributed by atoms with Gasteiger partial charge in [-0.05, 0) is 25.7 Å². The third-order valence-electron chi connectivity index (χ3n) is 6.14. The number of rotatable bonds is 4. The zero-order valence-corrected chi connectivity index (χ0v) is 18.7. The predicted octanol–water partition coefficient (Wildman–Crippen LogP) is 0.701. The third-order valence-corrected chi connectivity index (χ3v) is 8.29. The van der Waals surface area contributed by atoms with Gasteiger partial charge < -0.3 is 33.2 Å². The summed E-state index contributed by atoms with van der Waals surface area (Å²) in [6.07, 6.45) is 13.0. The summed E-state index contributed by atoms with van der Waals surface area (Å²) in [4.78, 5) is -0.305. The van der Waals surface area contributed by atoms with E-state index < -0.39 is 10.8 Å². The van der Waals surface area contributed by atoms with Gasteiger partial charge in [0.2, 0.25) is 0 Å². The van der Waals surface area contributed by atoms with E-state index in [9.17, 15) is 4.21 Å². The van der Waals surface area contributed by atoms with Crippen molar-refractivity contribution in [2.45, 2.75) is 75.2 Å². The number of quaternary nitrogens is 1. The van der Waals surface area contributed by atoms with Crippen LogP contribution in [0.3, 0.4) is 0 Å². The molecule has 0 amide bonds. The van der Waals surface area contributed by atoms with Gasteiger partial charge in [-0.1, -0.05) is 38.5 Å². The monoisotopic (exact) mass is 469 g/mol. The number of nitrogens with zero attached hydrogens (tertiary/aromatic N) is 1. The Morgan fingerprint density at radius 2 is 1.38 bits per heavy atom. The molecule has 1 saturated heterocycles. The minimum absolute atomic E-state index is 0. The highest BCUT2D eigenvalue weighted by Gasteiger charge is 2.57. The van der Waals surface area contributed by atoms with Gasteiger partial charge in [0.05, 0.1) is 37.7 Å². The smallest absolute Gasteiger partial charge is 0.149 e.